The largest absolute Gasteiger partial charge is 0.389 e. The number of aliphatic hydroxyl groups excluding tert-OH is 2. The molecule has 0 radical (unpaired) electrons. The summed E-state index contributed by atoms with van der Waals surface area (Å²) in [6.07, 6.45) is -0.249. The van der Waals surface area contributed by atoms with Gasteiger partial charge in [-0.3, -0.25) is 9.69 Å². The van der Waals surface area contributed by atoms with Crippen LogP contribution in [0.15, 0.2) is 36.4 Å². The van der Waals surface area contributed by atoms with Crippen molar-refractivity contribution in [2.45, 2.75) is 38.0 Å². The maximum atomic E-state index is 16.0. The van der Waals surface area contributed by atoms with E-state index in [1.807, 2.05) is 24.9 Å². The van der Waals surface area contributed by atoms with Gasteiger partial charge in [0.1, 0.15) is 28.0 Å². The molecule has 3 aliphatic rings. The van der Waals surface area contributed by atoms with Crippen molar-refractivity contribution in [3.63, 3.8) is 0 Å². The molecule has 0 spiro atoms. The van der Waals surface area contributed by atoms with Crippen LogP contribution in [0.25, 0.3) is 22.2 Å². The number of likely N-dealkylation sites (tertiary alicyclic amines) is 1. The Balaban J connectivity index is 1.24. The molecule has 4 heterocycles. The second-order valence-electron chi connectivity index (χ2n) is 12.3. The monoisotopic (exact) mass is 645 g/mol. The van der Waals surface area contributed by atoms with Gasteiger partial charge in [-0.15, -0.1) is 0 Å². The van der Waals surface area contributed by atoms with Gasteiger partial charge in [-0.05, 0) is 56.2 Å². The first-order valence-electron chi connectivity index (χ1n) is 15.3. The third-order valence-electron chi connectivity index (χ3n) is 9.19. The smallest absolute Gasteiger partial charge is 0.236 e. The molecule has 4 aromatic rings. The number of halogens is 2. The van der Waals surface area contributed by atoms with Gasteiger partial charge in [0.05, 0.1) is 30.1 Å². The summed E-state index contributed by atoms with van der Waals surface area (Å²) >= 11 is 1.19. The van der Waals surface area contributed by atoms with Crippen LogP contribution in [-0.4, -0.2) is 94.4 Å². The van der Waals surface area contributed by atoms with Crippen molar-refractivity contribution in [3.8, 4) is 17.3 Å². The third kappa shape index (κ3) is 5.35. The number of β-amino-alcohol motifs (C(OH)–C–C–N with tert-alkyl or cyclic N) is 1. The van der Waals surface area contributed by atoms with Gasteiger partial charge in [-0.25, -0.2) is 18.7 Å². The van der Waals surface area contributed by atoms with Crippen LogP contribution >= 0.6 is 11.3 Å². The molecule has 2 aliphatic heterocycles. The van der Waals surface area contributed by atoms with E-state index in [0.717, 1.165) is 5.56 Å². The number of nitriles is 1. The van der Waals surface area contributed by atoms with Crippen LogP contribution < -0.4 is 9.80 Å². The molecule has 1 amide bonds. The molecule has 7 rings (SSSR count). The Morgan fingerprint density at radius 3 is 2.59 bits per heavy atom. The molecule has 46 heavy (non-hydrogen) atoms. The number of benzene rings is 2. The van der Waals surface area contributed by atoms with E-state index in [1.54, 1.807) is 17.0 Å². The average molecular weight is 646 g/mol. The van der Waals surface area contributed by atoms with Crippen LogP contribution in [0.2, 0.25) is 0 Å². The fourth-order valence-corrected chi connectivity index (χ4v) is 7.63. The first kappa shape index (κ1) is 30.4. The number of aromatic nitrogens is 2. The predicted molar refractivity (Wildman–Crippen MR) is 171 cm³/mol. The van der Waals surface area contributed by atoms with E-state index in [2.05, 4.69) is 20.9 Å². The summed E-state index contributed by atoms with van der Waals surface area (Å²) < 4.78 is 29.6. The zero-order chi connectivity index (χ0) is 32.3. The van der Waals surface area contributed by atoms with Crippen LogP contribution in [0.5, 0.6) is 0 Å². The van der Waals surface area contributed by atoms with Gasteiger partial charge in [0, 0.05) is 68.0 Å². The second kappa shape index (κ2) is 11.9. The zero-order valence-corrected chi connectivity index (χ0v) is 26.3. The van der Waals surface area contributed by atoms with Crippen LogP contribution in [0.4, 0.5) is 25.3 Å². The molecule has 2 aromatic carbocycles. The third-order valence-corrected chi connectivity index (χ3v) is 10.2. The summed E-state index contributed by atoms with van der Waals surface area (Å²) in [5.74, 6) is -0.891. The molecular formula is C33H33F2N7O3S. The summed E-state index contributed by atoms with van der Waals surface area (Å²) in [6.45, 7) is 4.91. The van der Waals surface area contributed by atoms with E-state index in [9.17, 15) is 24.7 Å². The molecule has 2 saturated heterocycles. The second-order valence-corrected chi connectivity index (χ2v) is 13.3. The lowest BCUT2D eigenvalue weighted by Gasteiger charge is -2.43. The number of carbonyl (C=O) groups is 1. The maximum Gasteiger partial charge on any atom is 0.236 e. The summed E-state index contributed by atoms with van der Waals surface area (Å²) in [5.41, 5.74) is 3.81. The van der Waals surface area contributed by atoms with Crippen molar-refractivity contribution in [1.29, 1.82) is 5.26 Å². The van der Waals surface area contributed by atoms with Crippen molar-refractivity contribution < 1.29 is 23.8 Å². The van der Waals surface area contributed by atoms with Gasteiger partial charge in [0.25, 0.3) is 0 Å². The van der Waals surface area contributed by atoms with E-state index in [1.165, 1.54) is 29.5 Å². The lowest BCUT2D eigenvalue weighted by atomic mass is 10.0. The minimum atomic E-state index is -0.818. The van der Waals surface area contributed by atoms with Crippen molar-refractivity contribution >= 4 is 44.7 Å². The predicted octanol–water partition coefficient (Wildman–Crippen LogP) is 3.97. The molecular weight excluding hydrogens is 612 g/mol. The van der Waals surface area contributed by atoms with Crippen LogP contribution in [0.3, 0.4) is 0 Å². The fraction of sp³-hybridized carbons (Fsp3) is 0.394. The van der Waals surface area contributed by atoms with Gasteiger partial charge >= 0.3 is 0 Å². The number of aliphatic hydroxyl groups is 2. The molecule has 2 aromatic heterocycles. The summed E-state index contributed by atoms with van der Waals surface area (Å²) in [7, 11) is 1.81. The van der Waals surface area contributed by atoms with E-state index in [4.69, 9.17) is 4.98 Å². The molecule has 0 saturated carbocycles. The number of fused-ring (bicyclic) bond motifs is 2. The maximum absolute atomic E-state index is 16.0. The number of hydrogen-bond donors (Lipinski definition) is 2. The Morgan fingerprint density at radius 1 is 1.13 bits per heavy atom. The number of piperazine rings is 1. The van der Waals surface area contributed by atoms with Gasteiger partial charge in [-0.2, -0.15) is 5.26 Å². The topological polar surface area (TPSA) is 120 Å². The Morgan fingerprint density at radius 2 is 1.89 bits per heavy atom. The molecule has 2 atom stereocenters. The lowest BCUT2D eigenvalue weighted by Crippen LogP contribution is -2.58. The van der Waals surface area contributed by atoms with Crippen LogP contribution in [0.1, 0.15) is 35.6 Å². The van der Waals surface area contributed by atoms with E-state index >= 15 is 4.39 Å². The number of hydrogen-bond acceptors (Lipinski definition) is 10. The highest BCUT2D eigenvalue weighted by Crippen LogP contribution is 2.45. The number of carbonyl (C=O) groups excluding carboxylic acids is 1. The van der Waals surface area contributed by atoms with Gasteiger partial charge < -0.3 is 24.9 Å². The SMILES string of the molecule is C[C@H]1CN(CC(=O)N2CC(O)C2)CCN1c1cc(F)c2nc3c(c(N(C)c4nc(-c5ccc(F)cc5)c(C#N)s4)c2c1)CC[C@H]3O. The lowest BCUT2D eigenvalue weighted by molar-refractivity contribution is -0.142. The van der Waals surface area contributed by atoms with Crippen molar-refractivity contribution in [2.75, 3.05) is 56.1 Å². The first-order valence-corrected chi connectivity index (χ1v) is 16.1. The number of pyridine rings is 1. The number of nitrogens with zero attached hydrogens (tertiary/aromatic N) is 7. The molecule has 1 aliphatic carbocycles. The summed E-state index contributed by atoms with van der Waals surface area (Å²) in [4.78, 5) is 30.1. The van der Waals surface area contributed by atoms with Gasteiger partial charge in [0.2, 0.25) is 5.91 Å². The normalized spacial score (nSPS) is 20.1. The zero-order valence-electron chi connectivity index (χ0n) is 25.5. The number of rotatable bonds is 6. The van der Waals surface area contributed by atoms with E-state index in [-0.39, 0.29) is 29.8 Å². The van der Waals surface area contributed by atoms with Crippen molar-refractivity contribution in [3.05, 3.63) is 64.2 Å². The highest BCUT2D eigenvalue weighted by atomic mass is 32.1. The molecule has 238 valence electrons. The first-order chi connectivity index (χ1) is 22.1. The molecule has 2 N–H and O–H groups in total. The quantitative estimate of drug-likeness (QED) is 0.321. The van der Waals surface area contributed by atoms with Crippen LogP contribution in [-0.2, 0) is 11.2 Å². The van der Waals surface area contributed by atoms with E-state index < -0.39 is 18.0 Å². The van der Waals surface area contributed by atoms with E-state index in [0.29, 0.717) is 89.3 Å². The Hall–Kier alpha value is -4.22. The molecule has 2 fully saturated rings. The Kier molecular flexibility index (Phi) is 7.84. The highest BCUT2D eigenvalue weighted by Gasteiger charge is 2.34. The molecule has 0 unspecified atom stereocenters. The van der Waals surface area contributed by atoms with Gasteiger partial charge in [0.15, 0.2) is 10.9 Å². The minimum Gasteiger partial charge on any atom is -0.389 e. The average Bonchev–Trinajstić information content (AvgIpc) is 3.62. The van der Waals surface area contributed by atoms with Crippen LogP contribution in [0, 0.1) is 23.0 Å². The number of thiazole rings is 1. The number of anilines is 3. The summed E-state index contributed by atoms with van der Waals surface area (Å²) in [5, 5.41) is 31.3. The minimum absolute atomic E-state index is 0.00169. The summed E-state index contributed by atoms with van der Waals surface area (Å²) in [6, 6.07) is 11.4. The molecule has 10 nitrogen and oxygen atoms in total. The number of amides is 1. The Bertz CT molecular complexity index is 1870. The standard InChI is InChI=1S/C33H33F2N7O3S/c1-18-14-40(17-28(45)41-15-22(43)16-41)9-10-42(18)21-11-24-30(25(35)12-21)37-31-23(7-8-26(31)44)32(24)39(2)33-38-29(27(13-36)46-33)19-3-5-20(34)6-4-19/h3-6,11-12,18,22,26,43-44H,7-10,14-17H2,1-2H3/t18-,26+/m0/s1. The van der Waals surface area contributed by atoms with Crippen molar-refractivity contribution in [2.24, 2.45) is 0 Å². The fourth-order valence-electron chi connectivity index (χ4n) is 6.78. The molecule has 0 bridgehead atoms. The Labute approximate surface area is 268 Å². The highest BCUT2D eigenvalue weighted by molar-refractivity contribution is 7.16. The van der Waals surface area contributed by atoms with Gasteiger partial charge in [-0.1, -0.05) is 11.3 Å². The molecule has 13 heteroatoms. The van der Waals surface area contributed by atoms with Crippen molar-refractivity contribution in [1.82, 2.24) is 19.8 Å².